The Morgan fingerprint density at radius 3 is 2.83 bits per heavy atom. The maximum absolute atomic E-state index is 13.4. The molecule has 1 atom stereocenters. The van der Waals surface area contributed by atoms with E-state index in [0.29, 0.717) is 6.42 Å². The number of halogens is 2. The number of nitrogens with two attached hydrogens (primary N) is 1. The third-order valence-corrected chi connectivity index (χ3v) is 3.57. The van der Waals surface area contributed by atoms with Crippen molar-refractivity contribution in [1.82, 2.24) is 0 Å². The second-order valence-corrected chi connectivity index (χ2v) is 4.84. The van der Waals surface area contributed by atoms with Crippen molar-refractivity contribution in [3.63, 3.8) is 0 Å². The van der Waals surface area contributed by atoms with Crippen molar-refractivity contribution in [2.45, 2.75) is 19.0 Å². The molecule has 0 fully saturated rings. The minimum absolute atomic E-state index is 0.0668. The van der Waals surface area contributed by atoms with Gasteiger partial charge in [0.1, 0.15) is 5.67 Å². The highest BCUT2D eigenvalue weighted by atomic mass is 79.9. The topological polar surface area (TPSA) is 26.0 Å². The van der Waals surface area contributed by atoms with Gasteiger partial charge in [-0.3, -0.25) is 0 Å². The van der Waals surface area contributed by atoms with Crippen LogP contribution >= 0.6 is 27.3 Å². The molecular weight excluding hydrogens is 241 g/mol. The van der Waals surface area contributed by atoms with Crippen molar-refractivity contribution >= 4 is 27.3 Å². The van der Waals surface area contributed by atoms with E-state index in [9.17, 15) is 4.39 Å². The van der Waals surface area contributed by atoms with Gasteiger partial charge in [-0.2, -0.15) is 0 Å². The van der Waals surface area contributed by atoms with Crippen LogP contribution in [0.3, 0.4) is 0 Å². The van der Waals surface area contributed by atoms with Crippen molar-refractivity contribution in [3.05, 3.63) is 20.8 Å². The Balaban J connectivity index is 2.70. The molecule has 12 heavy (non-hydrogen) atoms. The van der Waals surface area contributed by atoms with E-state index in [1.165, 1.54) is 6.92 Å². The van der Waals surface area contributed by atoms with Crippen LogP contribution in [-0.2, 0) is 6.42 Å². The molecule has 0 bridgehead atoms. The number of alkyl halides is 1. The Hall–Kier alpha value is 0.0700. The fourth-order valence-electron chi connectivity index (χ4n) is 0.858. The Kier molecular flexibility index (Phi) is 3.26. The molecule has 1 rings (SSSR count). The van der Waals surface area contributed by atoms with Gasteiger partial charge in [-0.15, -0.1) is 11.3 Å². The molecule has 0 radical (unpaired) electrons. The van der Waals surface area contributed by atoms with Crippen molar-refractivity contribution in [2.75, 3.05) is 6.54 Å². The molecule has 0 aliphatic rings. The Morgan fingerprint density at radius 1 is 1.75 bits per heavy atom. The highest BCUT2D eigenvalue weighted by Gasteiger charge is 2.23. The smallest absolute Gasteiger partial charge is 0.125 e. The quantitative estimate of drug-likeness (QED) is 0.879. The van der Waals surface area contributed by atoms with Gasteiger partial charge in [0.25, 0.3) is 0 Å². The minimum atomic E-state index is -1.28. The molecule has 1 heterocycles. The van der Waals surface area contributed by atoms with Crippen LogP contribution < -0.4 is 5.73 Å². The summed E-state index contributed by atoms with van der Waals surface area (Å²) < 4.78 is 14.4. The molecule has 1 nitrogen and oxygen atoms in total. The van der Waals surface area contributed by atoms with Crippen LogP contribution in [-0.4, -0.2) is 12.2 Å². The maximum Gasteiger partial charge on any atom is 0.125 e. The zero-order valence-corrected chi connectivity index (χ0v) is 9.21. The Bertz CT molecular complexity index is 259. The summed E-state index contributed by atoms with van der Waals surface area (Å²) in [5.74, 6) is 0. The first-order valence-corrected chi connectivity index (χ1v) is 5.33. The molecule has 1 aromatic heterocycles. The summed E-state index contributed by atoms with van der Waals surface area (Å²) in [5, 5.41) is 1.94. The number of hydrogen-bond acceptors (Lipinski definition) is 2. The van der Waals surface area contributed by atoms with Gasteiger partial charge < -0.3 is 5.73 Å². The molecule has 0 amide bonds. The van der Waals surface area contributed by atoms with E-state index in [-0.39, 0.29) is 6.54 Å². The Morgan fingerprint density at radius 2 is 2.42 bits per heavy atom. The second kappa shape index (κ2) is 3.85. The monoisotopic (exact) mass is 251 g/mol. The largest absolute Gasteiger partial charge is 0.328 e. The normalized spacial score (nSPS) is 16.0. The van der Waals surface area contributed by atoms with Crippen molar-refractivity contribution < 1.29 is 4.39 Å². The number of thiophene rings is 1. The summed E-state index contributed by atoms with van der Waals surface area (Å²) in [7, 11) is 0. The van der Waals surface area contributed by atoms with Crippen LogP contribution in [0.1, 0.15) is 11.8 Å². The van der Waals surface area contributed by atoms with E-state index in [4.69, 9.17) is 5.73 Å². The summed E-state index contributed by atoms with van der Waals surface area (Å²) >= 11 is 4.90. The molecule has 0 aliphatic carbocycles. The van der Waals surface area contributed by atoms with Gasteiger partial charge in [-0.1, -0.05) is 0 Å². The third-order valence-electron chi connectivity index (χ3n) is 1.65. The predicted molar refractivity (Wildman–Crippen MR) is 54.3 cm³/mol. The van der Waals surface area contributed by atoms with Crippen LogP contribution in [0, 0.1) is 0 Å². The summed E-state index contributed by atoms with van der Waals surface area (Å²) in [6.07, 6.45) is 0.391. The summed E-state index contributed by atoms with van der Waals surface area (Å²) in [5.41, 5.74) is 4.00. The molecule has 1 unspecified atom stereocenters. The van der Waals surface area contributed by atoms with Crippen LogP contribution in [0.2, 0.25) is 0 Å². The summed E-state index contributed by atoms with van der Waals surface area (Å²) in [6.45, 7) is 1.59. The van der Waals surface area contributed by atoms with Crippen LogP contribution in [0.15, 0.2) is 15.9 Å². The maximum atomic E-state index is 13.4. The lowest BCUT2D eigenvalue weighted by atomic mass is 10.0. The molecule has 68 valence electrons. The van der Waals surface area contributed by atoms with Crippen LogP contribution in [0.5, 0.6) is 0 Å². The van der Waals surface area contributed by atoms with Crippen molar-refractivity contribution in [1.29, 1.82) is 0 Å². The van der Waals surface area contributed by atoms with Gasteiger partial charge in [-0.25, -0.2) is 4.39 Å². The zero-order valence-electron chi connectivity index (χ0n) is 6.81. The van der Waals surface area contributed by atoms with Gasteiger partial charge in [0, 0.05) is 22.3 Å². The van der Waals surface area contributed by atoms with Crippen LogP contribution in [0.4, 0.5) is 4.39 Å². The minimum Gasteiger partial charge on any atom is -0.328 e. The average Bonchev–Trinajstić information content (AvgIpc) is 2.36. The molecule has 0 saturated heterocycles. The van der Waals surface area contributed by atoms with E-state index in [0.717, 1.165) is 9.35 Å². The van der Waals surface area contributed by atoms with E-state index in [2.05, 4.69) is 15.9 Å². The van der Waals surface area contributed by atoms with Gasteiger partial charge in [-0.05, 0) is 34.3 Å². The second-order valence-electron chi connectivity index (χ2n) is 2.99. The fourth-order valence-corrected chi connectivity index (χ4v) is 2.52. The predicted octanol–water partition coefficient (Wildman–Crippen LogP) is 2.74. The first kappa shape index (κ1) is 10.2. The lowest BCUT2D eigenvalue weighted by Crippen LogP contribution is -2.31. The SMILES string of the molecule is CC(F)(CN)Cc1sccc1Br. The molecule has 0 spiro atoms. The van der Waals surface area contributed by atoms with E-state index in [1.807, 2.05) is 11.4 Å². The highest BCUT2D eigenvalue weighted by Crippen LogP contribution is 2.27. The molecule has 0 saturated carbocycles. The Labute approximate surface area is 83.9 Å². The summed E-state index contributed by atoms with van der Waals surface area (Å²) in [6, 6.07) is 1.92. The highest BCUT2D eigenvalue weighted by molar-refractivity contribution is 9.10. The van der Waals surface area contributed by atoms with Crippen molar-refractivity contribution in [3.8, 4) is 0 Å². The average molecular weight is 252 g/mol. The molecule has 4 heteroatoms. The van der Waals surface area contributed by atoms with Gasteiger partial charge in [0.2, 0.25) is 0 Å². The van der Waals surface area contributed by atoms with E-state index < -0.39 is 5.67 Å². The lowest BCUT2D eigenvalue weighted by molar-refractivity contribution is 0.201. The van der Waals surface area contributed by atoms with E-state index in [1.54, 1.807) is 11.3 Å². The van der Waals surface area contributed by atoms with E-state index >= 15 is 0 Å². The molecular formula is C8H11BrFNS. The first-order valence-electron chi connectivity index (χ1n) is 3.66. The molecule has 2 N–H and O–H groups in total. The first-order chi connectivity index (χ1) is 5.55. The number of rotatable bonds is 3. The molecule has 0 aromatic carbocycles. The standard InChI is InChI=1S/C8H11BrFNS/c1-8(10,5-11)4-7-6(9)2-3-12-7/h2-3H,4-5,11H2,1H3. The third kappa shape index (κ3) is 2.54. The molecule has 1 aromatic rings. The van der Waals surface area contributed by atoms with Gasteiger partial charge >= 0.3 is 0 Å². The lowest BCUT2D eigenvalue weighted by Gasteiger charge is -2.16. The zero-order chi connectivity index (χ0) is 9.19. The van der Waals surface area contributed by atoms with Gasteiger partial charge in [0.15, 0.2) is 0 Å². The van der Waals surface area contributed by atoms with Crippen LogP contribution in [0.25, 0.3) is 0 Å². The van der Waals surface area contributed by atoms with Gasteiger partial charge in [0.05, 0.1) is 0 Å². The number of hydrogen-bond donors (Lipinski definition) is 1. The fraction of sp³-hybridized carbons (Fsp3) is 0.500. The summed E-state index contributed by atoms with van der Waals surface area (Å²) in [4.78, 5) is 1.02. The molecule has 0 aliphatic heterocycles. The van der Waals surface area contributed by atoms with Crippen molar-refractivity contribution in [2.24, 2.45) is 5.73 Å².